The molecular formula is C20H19N3S. The molecule has 0 spiro atoms. The van der Waals surface area contributed by atoms with Gasteiger partial charge in [0.15, 0.2) is 0 Å². The molecule has 4 rings (SSSR count). The number of nitriles is 1. The van der Waals surface area contributed by atoms with Crippen molar-refractivity contribution in [3.05, 3.63) is 51.1 Å². The van der Waals surface area contributed by atoms with E-state index in [-0.39, 0.29) is 0 Å². The topological polar surface area (TPSA) is 52.5 Å². The van der Waals surface area contributed by atoms with Gasteiger partial charge in [0.2, 0.25) is 0 Å². The van der Waals surface area contributed by atoms with Crippen molar-refractivity contribution >= 4 is 33.9 Å². The van der Waals surface area contributed by atoms with Gasteiger partial charge in [0.05, 0.1) is 11.3 Å². The van der Waals surface area contributed by atoms with Crippen molar-refractivity contribution in [2.45, 2.75) is 33.1 Å². The van der Waals surface area contributed by atoms with Crippen LogP contribution in [0.5, 0.6) is 0 Å². The van der Waals surface area contributed by atoms with Crippen molar-refractivity contribution in [2.24, 2.45) is 5.92 Å². The van der Waals surface area contributed by atoms with Crippen molar-refractivity contribution in [3.8, 4) is 6.07 Å². The van der Waals surface area contributed by atoms with E-state index in [1.165, 1.54) is 17.0 Å². The van der Waals surface area contributed by atoms with Crippen molar-refractivity contribution in [2.75, 3.05) is 0 Å². The molecule has 0 aliphatic heterocycles. The predicted molar refractivity (Wildman–Crippen MR) is 99.8 cm³/mol. The predicted octanol–water partition coefficient (Wildman–Crippen LogP) is 5.12. The number of allylic oxidation sites excluding steroid dienone is 1. The Bertz CT molecular complexity index is 984. The molecule has 1 atom stereocenters. The Morgan fingerprint density at radius 2 is 2.25 bits per heavy atom. The zero-order valence-corrected chi connectivity index (χ0v) is 14.7. The van der Waals surface area contributed by atoms with Gasteiger partial charge in [0, 0.05) is 27.0 Å². The quantitative estimate of drug-likeness (QED) is 0.662. The normalized spacial score (nSPS) is 17.7. The first-order chi connectivity index (χ1) is 11.7. The van der Waals surface area contributed by atoms with Crippen molar-refractivity contribution < 1.29 is 0 Å². The van der Waals surface area contributed by atoms with Gasteiger partial charge in [-0.25, -0.2) is 4.98 Å². The van der Waals surface area contributed by atoms with E-state index in [2.05, 4.69) is 37.0 Å². The third-order valence-corrected chi connectivity index (χ3v) is 5.92. The van der Waals surface area contributed by atoms with Gasteiger partial charge in [-0.05, 0) is 44.2 Å². The third-order valence-electron chi connectivity index (χ3n) is 4.77. The summed E-state index contributed by atoms with van der Waals surface area (Å²) in [6.07, 6.45) is 5.32. The molecule has 0 saturated heterocycles. The summed E-state index contributed by atoms with van der Waals surface area (Å²) in [7, 11) is 0. The second-order valence-electron chi connectivity index (χ2n) is 6.62. The van der Waals surface area contributed by atoms with Gasteiger partial charge in [0.25, 0.3) is 0 Å². The van der Waals surface area contributed by atoms with Crippen LogP contribution in [0.2, 0.25) is 0 Å². The maximum absolute atomic E-state index is 9.69. The first kappa shape index (κ1) is 15.2. The van der Waals surface area contributed by atoms with Crippen LogP contribution < -0.4 is 0 Å². The van der Waals surface area contributed by atoms with Crippen LogP contribution in [-0.4, -0.2) is 9.97 Å². The number of fused-ring (bicyclic) bond motifs is 2. The fourth-order valence-corrected chi connectivity index (χ4v) is 4.66. The summed E-state index contributed by atoms with van der Waals surface area (Å²) >= 11 is 1.69. The Morgan fingerprint density at radius 3 is 3.08 bits per heavy atom. The van der Waals surface area contributed by atoms with Crippen LogP contribution in [0.3, 0.4) is 0 Å². The summed E-state index contributed by atoms with van der Waals surface area (Å²) in [5.41, 5.74) is 5.13. The molecule has 2 aromatic heterocycles. The molecule has 120 valence electrons. The largest absolute Gasteiger partial charge is 0.358 e. The number of thiazole rings is 1. The Morgan fingerprint density at radius 1 is 1.42 bits per heavy atom. The highest BCUT2D eigenvalue weighted by Gasteiger charge is 2.21. The number of aryl methyl sites for hydroxylation is 2. The number of aromatic nitrogens is 2. The number of hydrogen-bond acceptors (Lipinski definition) is 3. The van der Waals surface area contributed by atoms with Crippen molar-refractivity contribution in [1.82, 2.24) is 9.97 Å². The highest BCUT2D eigenvalue weighted by Crippen LogP contribution is 2.34. The van der Waals surface area contributed by atoms with Gasteiger partial charge in [-0.15, -0.1) is 11.3 Å². The van der Waals surface area contributed by atoms with E-state index in [0.29, 0.717) is 5.57 Å². The van der Waals surface area contributed by atoms with Gasteiger partial charge in [-0.3, -0.25) is 0 Å². The summed E-state index contributed by atoms with van der Waals surface area (Å²) in [4.78, 5) is 9.52. The van der Waals surface area contributed by atoms with Crippen LogP contribution in [0, 0.1) is 24.2 Å². The Balaban J connectivity index is 1.80. The average Bonchev–Trinajstić information content (AvgIpc) is 3.12. The van der Waals surface area contributed by atoms with E-state index in [4.69, 9.17) is 4.98 Å². The molecular weight excluding hydrogens is 314 g/mol. The first-order valence-electron chi connectivity index (χ1n) is 8.33. The molecule has 1 aromatic carbocycles. The Labute approximate surface area is 145 Å². The molecule has 1 unspecified atom stereocenters. The van der Waals surface area contributed by atoms with E-state index >= 15 is 0 Å². The van der Waals surface area contributed by atoms with Crippen LogP contribution in [0.25, 0.3) is 22.6 Å². The summed E-state index contributed by atoms with van der Waals surface area (Å²) in [5.74, 6) is 0.719. The standard InChI is InChI=1S/C20H19N3S/c1-12-7-8-18-19(9-12)24-20(23-18)14(11-21)10-16-13(2)22-17-6-4-3-5-15(16)17/h3-6,10,12,22H,7-9H2,1-2H3/b14-10+. The van der Waals surface area contributed by atoms with E-state index in [0.717, 1.165) is 45.9 Å². The molecule has 0 amide bonds. The highest BCUT2D eigenvalue weighted by molar-refractivity contribution is 7.13. The van der Waals surface area contributed by atoms with Crippen LogP contribution in [-0.2, 0) is 12.8 Å². The summed E-state index contributed by atoms with van der Waals surface area (Å²) in [5, 5.41) is 11.7. The lowest BCUT2D eigenvalue weighted by Gasteiger charge is -2.15. The highest BCUT2D eigenvalue weighted by atomic mass is 32.1. The smallest absolute Gasteiger partial charge is 0.134 e. The van der Waals surface area contributed by atoms with Crippen LogP contribution in [0.15, 0.2) is 24.3 Å². The monoisotopic (exact) mass is 333 g/mol. The number of nitrogens with zero attached hydrogens (tertiary/aromatic N) is 2. The van der Waals surface area contributed by atoms with Crippen LogP contribution >= 0.6 is 11.3 Å². The molecule has 0 bridgehead atoms. The van der Waals surface area contributed by atoms with Gasteiger partial charge >= 0.3 is 0 Å². The second kappa shape index (κ2) is 5.92. The zero-order chi connectivity index (χ0) is 16.7. The summed E-state index contributed by atoms with van der Waals surface area (Å²) in [6, 6.07) is 10.6. The fraction of sp³-hybridized carbons (Fsp3) is 0.300. The Hall–Kier alpha value is -2.38. The summed E-state index contributed by atoms with van der Waals surface area (Å²) in [6.45, 7) is 4.34. The molecule has 0 fully saturated rings. The van der Waals surface area contributed by atoms with Gasteiger partial charge < -0.3 is 4.98 Å². The maximum Gasteiger partial charge on any atom is 0.134 e. The number of nitrogens with one attached hydrogen (secondary N) is 1. The number of aromatic amines is 1. The maximum atomic E-state index is 9.69. The zero-order valence-electron chi connectivity index (χ0n) is 13.9. The van der Waals surface area contributed by atoms with Crippen LogP contribution in [0.1, 0.15) is 40.2 Å². The van der Waals surface area contributed by atoms with E-state index < -0.39 is 0 Å². The number of benzene rings is 1. The van der Waals surface area contributed by atoms with Gasteiger partial charge in [-0.2, -0.15) is 5.26 Å². The third kappa shape index (κ3) is 2.55. The van der Waals surface area contributed by atoms with E-state index in [9.17, 15) is 5.26 Å². The lowest BCUT2D eigenvalue weighted by molar-refractivity contribution is 0.502. The molecule has 3 nitrogen and oxygen atoms in total. The first-order valence-corrected chi connectivity index (χ1v) is 9.15. The molecule has 1 aliphatic carbocycles. The van der Waals surface area contributed by atoms with Crippen molar-refractivity contribution in [3.63, 3.8) is 0 Å². The SMILES string of the molecule is Cc1[nH]c2ccccc2c1/C=C(\C#N)c1nc2c(s1)CC(C)CC2. The molecule has 0 radical (unpaired) electrons. The lowest BCUT2D eigenvalue weighted by atomic mass is 9.93. The minimum absolute atomic E-state index is 0.662. The van der Waals surface area contributed by atoms with E-state index in [1.807, 2.05) is 18.2 Å². The number of hydrogen-bond donors (Lipinski definition) is 1. The second-order valence-corrected chi connectivity index (χ2v) is 7.70. The molecule has 1 N–H and O–H groups in total. The molecule has 3 aromatic rings. The van der Waals surface area contributed by atoms with Gasteiger partial charge in [0.1, 0.15) is 11.1 Å². The molecule has 0 saturated carbocycles. The van der Waals surface area contributed by atoms with Crippen molar-refractivity contribution in [1.29, 1.82) is 5.26 Å². The number of para-hydroxylation sites is 1. The summed E-state index contributed by atoms with van der Waals surface area (Å²) < 4.78 is 0. The number of rotatable bonds is 2. The molecule has 1 aliphatic rings. The van der Waals surface area contributed by atoms with Gasteiger partial charge in [-0.1, -0.05) is 25.1 Å². The average molecular weight is 333 g/mol. The molecule has 24 heavy (non-hydrogen) atoms. The lowest BCUT2D eigenvalue weighted by Crippen LogP contribution is -2.09. The fourth-order valence-electron chi connectivity index (χ4n) is 3.43. The van der Waals surface area contributed by atoms with Crippen LogP contribution in [0.4, 0.5) is 0 Å². The minimum Gasteiger partial charge on any atom is -0.358 e. The molecule has 2 heterocycles. The minimum atomic E-state index is 0.662. The number of H-pyrrole nitrogens is 1. The Kier molecular flexibility index (Phi) is 3.74. The molecule has 4 heteroatoms. The van der Waals surface area contributed by atoms with E-state index in [1.54, 1.807) is 11.3 Å².